The van der Waals surface area contributed by atoms with E-state index in [1.54, 1.807) is 31.6 Å². The Morgan fingerprint density at radius 2 is 1.96 bits per heavy atom. The smallest absolute Gasteiger partial charge is 0.302 e. The van der Waals surface area contributed by atoms with Crippen molar-refractivity contribution >= 4 is 51.3 Å². The number of thiophene rings is 2. The Hall–Kier alpha value is -1.64. The highest BCUT2D eigenvalue weighted by atomic mass is 35.5. The summed E-state index contributed by atoms with van der Waals surface area (Å²) in [6.45, 7) is 0. The van der Waals surface area contributed by atoms with Gasteiger partial charge in [-0.15, -0.1) is 22.7 Å². The highest BCUT2D eigenvalue weighted by molar-refractivity contribution is 7.13. The van der Waals surface area contributed by atoms with Gasteiger partial charge in [0.05, 0.1) is 20.4 Å². The van der Waals surface area contributed by atoms with Crippen LogP contribution in [0.15, 0.2) is 40.1 Å². The summed E-state index contributed by atoms with van der Waals surface area (Å²) >= 11 is 7.86. The number of carbonyl (C=O) groups excluding carboxylic acids is 1. The number of nitrogens with zero attached hydrogens (tertiary/aromatic N) is 2. The summed E-state index contributed by atoms with van der Waals surface area (Å²) in [6.07, 6.45) is -4.15. The predicted octanol–water partition coefficient (Wildman–Crippen LogP) is 4.94. The minimum atomic E-state index is -4.71. The minimum absolute atomic E-state index is 0.0430. The number of hydrogen-bond donors (Lipinski definition) is 0. The summed E-state index contributed by atoms with van der Waals surface area (Å²) in [4.78, 5) is 12.8. The molecule has 0 saturated carbocycles. The number of alkyl halides is 3. The Balaban J connectivity index is 2.51. The first kappa shape index (κ1) is 18.7. The van der Waals surface area contributed by atoms with Crippen LogP contribution in [-0.4, -0.2) is 36.8 Å². The maximum absolute atomic E-state index is 13.4. The first-order valence-corrected chi connectivity index (χ1v) is 8.70. The van der Waals surface area contributed by atoms with Gasteiger partial charge in [0.2, 0.25) is 5.78 Å². The molecule has 0 saturated heterocycles. The van der Waals surface area contributed by atoms with E-state index in [9.17, 15) is 18.0 Å². The van der Waals surface area contributed by atoms with Gasteiger partial charge in [-0.3, -0.25) is 4.79 Å². The molecule has 0 aliphatic heterocycles. The molecule has 24 heavy (non-hydrogen) atoms. The van der Waals surface area contributed by atoms with Crippen molar-refractivity contribution in [2.75, 3.05) is 14.1 Å². The normalized spacial score (nSPS) is 13.2. The van der Waals surface area contributed by atoms with Gasteiger partial charge in [0.25, 0.3) is 0 Å². The summed E-state index contributed by atoms with van der Waals surface area (Å²) in [5.74, 6) is -0.831. The summed E-state index contributed by atoms with van der Waals surface area (Å²) in [5, 5.41) is 8.51. The molecule has 0 N–H and O–H groups in total. The van der Waals surface area contributed by atoms with Crippen molar-refractivity contribution in [1.82, 2.24) is 5.01 Å². The molecular weight excluding hydrogens is 381 g/mol. The van der Waals surface area contributed by atoms with Crippen molar-refractivity contribution in [3.63, 3.8) is 0 Å². The molecule has 0 fully saturated rings. The van der Waals surface area contributed by atoms with Gasteiger partial charge in [-0.25, -0.2) is 0 Å². The highest BCUT2D eigenvalue weighted by Crippen LogP contribution is 2.40. The molecule has 0 unspecified atom stereocenters. The van der Waals surface area contributed by atoms with E-state index >= 15 is 0 Å². The van der Waals surface area contributed by atoms with Crippen molar-refractivity contribution in [2.45, 2.75) is 6.18 Å². The van der Waals surface area contributed by atoms with Gasteiger partial charge in [-0.05, 0) is 22.9 Å². The minimum Gasteiger partial charge on any atom is -0.302 e. The van der Waals surface area contributed by atoms with Gasteiger partial charge in [0.15, 0.2) is 0 Å². The number of hydrogen-bond acceptors (Lipinski definition) is 5. The molecule has 0 amide bonds. The number of ketones is 1. The van der Waals surface area contributed by atoms with Crippen LogP contribution in [0.2, 0.25) is 5.02 Å². The summed E-state index contributed by atoms with van der Waals surface area (Å²) in [6, 6.07) is 4.69. The van der Waals surface area contributed by atoms with E-state index in [1.165, 1.54) is 27.8 Å². The lowest BCUT2D eigenvalue weighted by molar-refractivity contribution is -0.109. The third-order valence-corrected chi connectivity index (χ3v) is 4.98. The molecular formula is C15H12ClF3N2OS2. The molecule has 2 rings (SSSR count). The number of carbonyl (C=O) groups is 1. The molecule has 2 aromatic heterocycles. The second kappa shape index (κ2) is 7.50. The standard InChI is InChI=1S/C15H12ClF3N2OS2/c1-21(2)20-13(12-4-3-6-23-12)11(22)8-9(15(17,18)19)14-10(16)5-7-24-14/h3-8H,1-2H3/b9-8+,20-13-. The quantitative estimate of drug-likeness (QED) is 0.410. The Labute approximate surface area is 149 Å². The van der Waals surface area contributed by atoms with Crippen molar-refractivity contribution in [3.05, 3.63) is 49.8 Å². The third-order valence-electron chi connectivity index (χ3n) is 2.73. The largest absolute Gasteiger partial charge is 0.417 e. The lowest BCUT2D eigenvalue weighted by Crippen LogP contribution is -2.19. The van der Waals surface area contributed by atoms with Crippen LogP contribution in [0, 0.1) is 0 Å². The van der Waals surface area contributed by atoms with E-state index in [-0.39, 0.29) is 15.6 Å². The summed E-state index contributed by atoms with van der Waals surface area (Å²) in [5.41, 5.74) is -1.13. The van der Waals surface area contributed by atoms with Crippen LogP contribution >= 0.6 is 34.3 Å². The van der Waals surface area contributed by atoms with Crippen LogP contribution in [0.5, 0.6) is 0 Å². The lowest BCUT2D eigenvalue weighted by atomic mass is 10.1. The Morgan fingerprint density at radius 3 is 2.42 bits per heavy atom. The number of rotatable bonds is 5. The predicted molar refractivity (Wildman–Crippen MR) is 92.9 cm³/mol. The fraction of sp³-hybridized carbons (Fsp3) is 0.200. The van der Waals surface area contributed by atoms with Crippen molar-refractivity contribution in [2.24, 2.45) is 5.10 Å². The SMILES string of the molecule is CN(C)/N=C(/C(=O)/C=C(\c1sccc1Cl)C(F)(F)F)c1cccs1. The van der Waals surface area contributed by atoms with Gasteiger partial charge < -0.3 is 5.01 Å². The zero-order valence-electron chi connectivity index (χ0n) is 12.6. The van der Waals surface area contributed by atoms with Crippen molar-refractivity contribution in [1.29, 1.82) is 0 Å². The van der Waals surface area contributed by atoms with E-state index in [1.807, 2.05) is 0 Å². The topological polar surface area (TPSA) is 32.7 Å². The first-order valence-electron chi connectivity index (χ1n) is 6.56. The van der Waals surface area contributed by atoms with Crippen LogP contribution in [0.25, 0.3) is 5.57 Å². The van der Waals surface area contributed by atoms with Crippen LogP contribution < -0.4 is 0 Å². The van der Waals surface area contributed by atoms with Crippen molar-refractivity contribution in [3.8, 4) is 0 Å². The Morgan fingerprint density at radius 1 is 1.25 bits per heavy atom. The molecule has 0 radical (unpaired) electrons. The average molecular weight is 393 g/mol. The first-order chi connectivity index (χ1) is 11.2. The molecule has 0 aliphatic rings. The van der Waals surface area contributed by atoms with E-state index < -0.39 is 17.5 Å². The molecule has 3 nitrogen and oxygen atoms in total. The molecule has 0 bridgehead atoms. The molecule has 2 aromatic rings. The van der Waals surface area contributed by atoms with Crippen LogP contribution in [-0.2, 0) is 4.79 Å². The second-order valence-electron chi connectivity index (χ2n) is 4.79. The van der Waals surface area contributed by atoms with Gasteiger partial charge in [0, 0.05) is 20.2 Å². The number of allylic oxidation sites excluding steroid dienone is 2. The molecule has 2 heterocycles. The second-order valence-corrected chi connectivity index (χ2v) is 7.06. The average Bonchev–Trinajstić information content (AvgIpc) is 3.12. The van der Waals surface area contributed by atoms with Crippen molar-refractivity contribution < 1.29 is 18.0 Å². The molecule has 9 heteroatoms. The van der Waals surface area contributed by atoms with Gasteiger partial charge in [-0.1, -0.05) is 17.7 Å². The van der Waals surface area contributed by atoms with E-state index in [0.29, 0.717) is 11.0 Å². The molecule has 0 aromatic carbocycles. The monoisotopic (exact) mass is 392 g/mol. The van der Waals surface area contributed by atoms with E-state index in [2.05, 4.69) is 5.10 Å². The maximum atomic E-state index is 13.4. The molecule has 128 valence electrons. The van der Waals surface area contributed by atoms with Gasteiger partial charge in [0.1, 0.15) is 5.71 Å². The van der Waals surface area contributed by atoms with E-state index in [4.69, 9.17) is 11.6 Å². The molecule has 0 atom stereocenters. The number of hydrazone groups is 1. The maximum Gasteiger partial charge on any atom is 0.417 e. The Bertz CT molecular complexity index is 777. The van der Waals surface area contributed by atoms with Gasteiger partial charge >= 0.3 is 6.18 Å². The van der Waals surface area contributed by atoms with Crippen LogP contribution in [0.4, 0.5) is 13.2 Å². The molecule has 0 aliphatic carbocycles. The highest BCUT2D eigenvalue weighted by Gasteiger charge is 2.37. The fourth-order valence-corrected chi connectivity index (χ4v) is 3.70. The van der Waals surface area contributed by atoms with E-state index in [0.717, 1.165) is 11.3 Å². The Kier molecular flexibility index (Phi) is 5.84. The summed E-state index contributed by atoms with van der Waals surface area (Å²) in [7, 11) is 3.18. The third kappa shape index (κ3) is 4.46. The number of halogens is 4. The van der Waals surface area contributed by atoms with Crippen LogP contribution in [0.1, 0.15) is 9.75 Å². The lowest BCUT2D eigenvalue weighted by Gasteiger charge is -2.12. The van der Waals surface area contributed by atoms with Crippen LogP contribution in [0.3, 0.4) is 0 Å². The fourth-order valence-electron chi connectivity index (χ4n) is 1.79. The van der Waals surface area contributed by atoms with Gasteiger partial charge in [-0.2, -0.15) is 18.3 Å². The molecule has 0 spiro atoms. The zero-order chi connectivity index (χ0) is 17.9. The summed E-state index contributed by atoms with van der Waals surface area (Å²) < 4.78 is 40.1. The zero-order valence-corrected chi connectivity index (χ0v) is 15.0.